The van der Waals surface area contributed by atoms with Gasteiger partial charge in [-0.15, -0.1) is 0 Å². The van der Waals surface area contributed by atoms with Gasteiger partial charge in [-0.2, -0.15) is 24.4 Å². The van der Waals surface area contributed by atoms with E-state index < -0.39 is 47.9 Å². The van der Waals surface area contributed by atoms with Crippen molar-refractivity contribution in [2.24, 2.45) is 11.7 Å². The zero-order valence-corrected chi connectivity index (χ0v) is 20.7. The summed E-state index contributed by atoms with van der Waals surface area (Å²) >= 11 is 5.52. The first-order valence-electron chi connectivity index (χ1n) is 10.7. The molecule has 0 bridgehead atoms. The van der Waals surface area contributed by atoms with Crippen LogP contribution < -0.4 is 21.3 Å². The summed E-state index contributed by atoms with van der Waals surface area (Å²) in [6.45, 7) is 3.57. The lowest BCUT2D eigenvalue weighted by Crippen LogP contribution is -2.59. The lowest BCUT2D eigenvalue weighted by molar-refractivity contribution is -0.142. The monoisotopic (exact) mass is 496 g/mol. The number of nitrogens with two attached hydrogens (primary N) is 1. The lowest BCUT2D eigenvalue weighted by Gasteiger charge is -2.32. The quantitative estimate of drug-likeness (QED) is 0.283. The number of nitrogens with zero attached hydrogens (tertiary/aromatic N) is 1. The Morgan fingerprint density at radius 1 is 1.24 bits per heavy atom. The van der Waals surface area contributed by atoms with E-state index in [0.717, 1.165) is 5.56 Å². The number of hydrogen-bond donors (Lipinski definition) is 5. The highest BCUT2D eigenvalue weighted by Crippen LogP contribution is 2.33. The predicted octanol–water partition coefficient (Wildman–Crippen LogP) is 0.665. The molecule has 11 heteroatoms. The number of anilines is 1. The highest BCUT2D eigenvalue weighted by atomic mass is 32.2. The standard InChI is InChI=1S/C22H32N4O5S2/c1-12(2)18(25-19(27)14(23)11-32)21(29)26-16-7-5-4-6-13(16)10-17(26)20(28)24-15(22(30)31)8-9-33-3/h4-7,12,14-15,17-18,32H,8-11,23H2,1-3H3,(H,24,28)(H,25,27)(H,30,31)/t14-,15-,17-,18-/m0/s1. The summed E-state index contributed by atoms with van der Waals surface area (Å²) in [5, 5.41) is 14.8. The zero-order chi connectivity index (χ0) is 24.7. The number of carbonyl (C=O) groups is 4. The third-order valence-electron chi connectivity index (χ3n) is 5.51. The fourth-order valence-electron chi connectivity index (χ4n) is 3.64. The average molecular weight is 497 g/mol. The van der Waals surface area contributed by atoms with Crippen LogP contribution in [-0.2, 0) is 25.6 Å². The minimum Gasteiger partial charge on any atom is -0.480 e. The number of rotatable bonds is 11. The summed E-state index contributed by atoms with van der Waals surface area (Å²) in [7, 11) is 0. The first-order valence-corrected chi connectivity index (χ1v) is 12.7. The van der Waals surface area contributed by atoms with Crippen molar-refractivity contribution < 1.29 is 24.3 Å². The van der Waals surface area contributed by atoms with Gasteiger partial charge in [-0.1, -0.05) is 32.0 Å². The molecule has 4 atom stereocenters. The molecule has 33 heavy (non-hydrogen) atoms. The molecule has 1 aliphatic rings. The van der Waals surface area contributed by atoms with Gasteiger partial charge in [-0.3, -0.25) is 19.3 Å². The fourth-order valence-corrected chi connectivity index (χ4v) is 4.27. The molecular formula is C22H32N4O5S2. The molecule has 5 N–H and O–H groups in total. The summed E-state index contributed by atoms with van der Waals surface area (Å²) < 4.78 is 0. The predicted molar refractivity (Wildman–Crippen MR) is 133 cm³/mol. The number of thioether (sulfide) groups is 1. The van der Waals surface area contributed by atoms with Gasteiger partial charge >= 0.3 is 5.97 Å². The van der Waals surface area contributed by atoms with Crippen molar-refractivity contribution in [3.8, 4) is 0 Å². The SMILES string of the molecule is CSCC[C@H](NC(=O)[C@@H]1Cc2ccccc2N1C(=O)[C@@H](NC(=O)[C@@H](N)CS)C(C)C)C(=O)O. The third-order valence-corrected chi connectivity index (χ3v) is 6.54. The van der Waals surface area contributed by atoms with Gasteiger partial charge in [-0.25, -0.2) is 4.79 Å². The minimum absolute atomic E-state index is 0.120. The van der Waals surface area contributed by atoms with Crippen molar-refractivity contribution in [1.29, 1.82) is 0 Å². The zero-order valence-electron chi connectivity index (χ0n) is 19.0. The first kappa shape index (κ1) is 27.0. The van der Waals surface area contributed by atoms with Gasteiger partial charge in [0.1, 0.15) is 18.1 Å². The van der Waals surface area contributed by atoms with E-state index in [1.807, 2.05) is 18.4 Å². The number of carboxylic acids is 1. The van der Waals surface area contributed by atoms with Crippen LogP contribution in [0.2, 0.25) is 0 Å². The number of fused-ring (bicyclic) bond motifs is 1. The minimum atomic E-state index is -1.13. The van der Waals surface area contributed by atoms with Crippen LogP contribution in [0.25, 0.3) is 0 Å². The summed E-state index contributed by atoms with van der Waals surface area (Å²) in [4.78, 5) is 52.2. The number of benzene rings is 1. The van der Waals surface area contributed by atoms with E-state index in [9.17, 15) is 24.3 Å². The van der Waals surface area contributed by atoms with E-state index in [2.05, 4.69) is 23.3 Å². The van der Waals surface area contributed by atoms with E-state index in [4.69, 9.17) is 5.73 Å². The van der Waals surface area contributed by atoms with Crippen LogP contribution >= 0.6 is 24.4 Å². The number of carboxylic acid groups (broad SMARTS) is 1. The Morgan fingerprint density at radius 3 is 2.48 bits per heavy atom. The van der Waals surface area contributed by atoms with Crippen LogP contribution in [-0.4, -0.2) is 70.7 Å². The molecule has 0 aromatic heterocycles. The molecule has 0 radical (unpaired) electrons. The summed E-state index contributed by atoms with van der Waals surface area (Å²) in [6.07, 6.45) is 2.37. The van der Waals surface area contributed by atoms with E-state index in [1.165, 1.54) is 16.7 Å². The van der Waals surface area contributed by atoms with Crippen LogP contribution in [0.4, 0.5) is 5.69 Å². The molecule has 1 aromatic carbocycles. The van der Waals surface area contributed by atoms with Gasteiger partial charge in [0.05, 0.1) is 6.04 Å². The number of carbonyl (C=O) groups excluding carboxylic acids is 3. The molecule has 0 unspecified atom stereocenters. The van der Waals surface area contributed by atoms with Gasteiger partial charge in [0.25, 0.3) is 5.91 Å². The number of hydrogen-bond acceptors (Lipinski definition) is 7. The second-order valence-electron chi connectivity index (χ2n) is 8.26. The summed E-state index contributed by atoms with van der Waals surface area (Å²) in [5.74, 6) is -2.22. The second kappa shape index (κ2) is 12.3. The van der Waals surface area contributed by atoms with Crippen molar-refractivity contribution in [2.75, 3.05) is 22.7 Å². The maximum Gasteiger partial charge on any atom is 0.326 e. The Kier molecular flexibility index (Phi) is 10.1. The lowest BCUT2D eigenvalue weighted by atomic mass is 10.0. The van der Waals surface area contributed by atoms with Gasteiger partial charge in [0.15, 0.2) is 0 Å². The number of aliphatic carboxylic acids is 1. The molecule has 0 aliphatic carbocycles. The Hall–Kier alpha value is -2.24. The highest BCUT2D eigenvalue weighted by Gasteiger charge is 2.42. The first-order chi connectivity index (χ1) is 15.6. The van der Waals surface area contributed by atoms with Gasteiger partial charge in [0, 0.05) is 17.9 Å². The largest absolute Gasteiger partial charge is 0.480 e. The summed E-state index contributed by atoms with van der Waals surface area (Å²) in [6, 6.07) is 3.36. The molecule has 0 saturated carbocycles. The van der Waals surface area contributed by atoms with E-state index in [0.29, 0.717) is 11.4 Å². The maximum atomic E-state index is 13.7. The average Bonchev–Trinajstić information content (AvgIpc) is 3.18. The molecule has 1 aromatic rings. The smallest absolute Gasteiger partial charge is 0.326 e. The molecule has 1 aliphatic heterocycles. The van der Waals surface area contributed by atoms with E-state index in [1.54, 1.807) is 26.0 Å². The number of thiol groups is 1. The van der Waals surface area contributed by atoms with Crippen molar-refractivity contribution in [3.05, 3.63) is 29.8 Å². The van der Waals surface area contributed by atoms with E-state index in [-0.39, 0.29) is 24.5 Å². The van der Waals surface area contributed by atoms with Gasteiger partial charge in [-0.05, 0) is 36.0 Å². The van der Waals surface area contributed by atoms with E-state index >= 15 is 0 Å². The van der Waals surface area contributed by atoms with Gasteiger partial charge < -0.3 is 21.5 Å². The maximum absolute atomic E-state index is 13.7. The van der Waals surface area contributed by atoms with Crippen molar-refractivity contribution in [1.82, 2.24) is 10.6 Å². The second-order valence-corrected chi connectivity index (χ2v) is 9.61. The normalized spacial score (nSPS) is 17.8. The Balaban J connectivity index is 2.34. The van der Waals surface area contributed by atoms with Crippen molar-refractivity contribution in [2.45, 2.75) is 50.9 Å². The Labute approximate surface area is 203 Å². The summed E-state index contributed by atoms with van der Waals surface area (Å²) in [5.41, 5.74) is 7.12. The molecule has 1 heterocycles. The van der Waals surface area contributed by atoms with Crippen molar-refractivity contribution >= 4 is 53.8 Å². The fraction of sp³-hybridized carbons (Fsp3) is 0.545. The van der Waals surface area contributed by atoms with Crippen LogP contribution in [0.1, 0.15) is 25.8 Å². The molecular weight excluding hydrogens is 464 g/mol. The molecule has 0 spiro atoms. The number of nitrogens with one attached hydrogen (secondary N) is 2. The third kappa shape index (κ3) is 6.64. The Morgan fingerprint density at radius 2 is 1.91 bits per heavy atom. The molecule has 3 amide bonds. The van der Waals surface area contributed by atoms with Crippen LogP contribution in [0.3, 0.4) is 0 Å². The Bertz CT molecular complexity index is 882. The molecule has 0 saturated heterocycles. The number of para-hydroxylation sites is 1. The molecule has 9 nitrogen and oxygen atoms in total. The highest BCUT2D eigenvalue weighted by molar-refractivity contribution is 7.98. The van der Waals surface area contributed by atoms with Crippen LogP contribution in [0, 0.1) is 5.92 Å². The molecule has 0 fully saturated rings. The van der Waals surface area contributed by atoms with Crippen LogP contribution in [0.15, 0.2) is 24.3 Å². The van der Waals surface area contributed by atoms with Crippen molar-refractivity contribution in [3.63, 3.8) is 0 Å². The van der Waals surface area contributed by atoms with Crippen LogP contribution in [0.5, 0.6) is 0 Å². The molecule has 182 valence electrons. The molecule has 2 rings (SSSR count). The van der Waals surface area contributed by atoms with Gasteiger partial charge in [0.2, 0.25) is 11.8 Å². The number of amides is 3. The topological polar surface area (TPSA) is 142 Å².